The fraction of sp³-hybridized carbons (Fsp3) is 0.500. The fourth-order valence-corrected chi connectivity index (χ4v) is 3.15. The lowest BCUT2D eigenvalue weighted by atomic mass is 10.1. The van der Waals surface area contributed by atoms with Gasteiger partial charge in [-0.15, -0.1) is 0 Å². The smallest absolute Gasteiger partial charge is 0.259 e. The predicted molar refractivity (Wildman–Crippen MR) is 76.8 cm³/mol. The molecule has 0 saturated heterocycles. The van der Waals surface area contributed by atoms with Crippen molar-refractivity contribution in [3.8, 4) is 11.5 Å². The number of alkyl halides is 1. The third kappa shape index (κ3) is 3.41. The third-order valence-corrected chi connectivity index (χ3v) is 4.59. The van der Waals surface area contributed by atoms with Gasteiger partial charge >= 0.3 is 0 Å². The Morgan fingerprint density at radius 2 is 1.79 bits per heavy atom. The Hall–Kier alpha value is -1.23. The van der Waals surface area contributed by atoms with Crippen LogP contribution in [-0.4, -0.2) is 27.0 Å². The lowest BCUT2D eigenvalue weighted by Gasteiger charge is -2.21. The lowest BCUT2D eigenvalue weighted by molar-refractivity contribution is 0.0929. The van der Waals surface area contributed by atoms with Crippen LogP contribution in [0.3, 0.4) is 0 Å². The average molecular weight is 328 g/mol. The van der Waals surface area contributed by atoms with E-state index in [1.807, 2.05) is 0 Å². The van der Waals surface area contributed by atoms with Gasteiger partial charge in [0, 0.05) is 10.9 Å². The topological polar surface area (TPSA) is 69.6 Å². The Kier molecular flexibility index (Phi) is 4.69. The van der Waals surface area contributed by atoms with Gasteiger partial charge in [-0.1, -0.05) is 41.3 Å². The zero-order valence-electron chi connectivity index (χ0n) is 10.6. The highest BCUT2D eigenvalue weighted by Gasteiger charge is 2.25. The van der Waals surface area contributed by atoms with Crippen molar-refractivity contribution in [2.45, 2.75) is 43.0 Å². The van der Waals surface area contributed by atoms with Crippen LogP contribution in [0.1, 0.15) is 42.5 Å². The average Bonchev–Trinajstić information content (AvgIpc) is 2.55. The summed E-state index contributed by atoms with van der Waals surface area (Å²) in [5, 5.41) is 22.3. The summed E-state index contributed by atoms with van der Waals surface area (Å²) in [7, 11) is 0. The molecule has 104 valence electrons. The minimum atomic E-state index is -0.424. The van der Waals surface area contributed by atoms with Crippen molar-refractivity contribution >= 4 is 21.8 Å². The zero-order valence-corrected chi connectivity index (χ0v) is 12.2. The molecular formula is C14H18BrNO3. The van der Waals surface area contributed by atoms with Gasteiger partial charge in [0.2, 0.25) is 0 Å². The van der Waals surface area contributed by atoms with E-state index in [0.717, 1.165) is 25.7 Å². The molecule has 2 atom stereocenters. The van der Waals surface area contributed by atoms with Crippen LogP contribution >= 0.6 is 15.9 Å². The second-order valence-corrected chi connectivity index (χ2v) is 6.08. The van der Waals surface area contributed by atoms with E-state index in [4.69, 9.17) is 0 Å². The fourth-order valence-electron chi connectivity index (χ4n) is 2.43. The van der Waals surface area contributed by atoms with Gasteiger partial charge in [-0.2, -0.15) is 0 Å². The van der Waals surface area contributed by atoms with Crippen molar-refractivity contribution in [3.63, 3.8) is 0 Å². The van der Waals surface area contributed by atoms with Crippen molar-refractivity contribution in [2.75, 3.05) is 0 Å². The molecule has 0 heterocycles. The maximum atomic E-state index is 12.2. The molecule has 1 aromatic carbocycles. The van der Waals surface area contributed by atoms with Gasteiger partial charge in [0.1, 0.15) is 17.1 Å². The molecule has 0 spiro atoms. The SMILES string of the molecule is O=C(NC1CCCCCC1Br)c1c(O)cccc1O. The number of rotatable bonds is 2. The standard InChI is InChI=1S/C14H18BrNO3/c15-9-5-2-1-3-6-10(9)16-14(19)13-11(17)7-4-8-12(13)18/h4,7-10,17-18H,1-3,5-6H2,(H,16,19). The van der Waals surface area contributed by atoms with Gasteiger partial charge in [-0.25, -0.2) is 0 Å². The third-order valence-electron chi connectivity index (χ3n) is 3.50. The van der Waals surface area contributed by atoms with Crippen LogP contribution in [0.2, 0.25) is 0 Å². The number of aromatic hydroxyl groups is 2. The molecular weight excluding hydrogens is 310 g/mol. The van der Waals surface area contributed by atoms with E-state index in [2.05, 4.69) is 21.2 Å². The number of phenolic OH excluding ortho intramolecular Hbond substituents is 2. The highest BCUT2D eigenvalue weighted by Crippen LogP contribution is 2.28. The largest absolute Gasteiger partial charge is 0.507 e. The zero-order chi connectivity index (χ0) is 13.8. The van der Waals surface area contributed by atoms with Gasteiger partial charge in [0.15, 0.2) is 0 Å². The molecule has 5 heteroatoms. The summed E-state index contributed by atoms with van der Waals surface area (Å²) in [5.74, 6) is -0.818. The van der Waals surface area contributed by atoms with Crippen LogP contribution in [0, 0.1) is 0 Å². The van der Waals surface area contributed by atoms with Gasteiger partial charge in [0.25, 0.3) is 5.91 Å². The van der Waals surface area contributed by atoms with Crippen LogP contribution in [0.5, 0.6) is 11.5 Å². The molecule has 0 aromatic heterocycles. The molecule has 1 amide bonds. The number of amides is 1. The molecule has 0 bridgehead atoms. The van der Waals surface area contributed by atoms with E-state index >= 15 is 0 Å². The van der Waals surface area contributed by atoms with E-state index in [0.29, 0.717) is 0 Å². The summed E-state index contributed by atoms with van der Waals surface area (Å²) >= 11 is 3.60. The summed E-state index contributed by atoms with van der Waals surface area (Å²) < 4.78 is 0. The number of phenols is 2. The highest BCUT2D eigenvalue weighted by atomic mass is 79.9. The Bertz CT molecular complexity index is 444. The molecule has 0 aliphatic heterocycles. The van der Waals surface area contributed by atoms with Crippen LogP contribution in [-0.2, 0) is 0 Å². The van der Waals surface area contributed by atoms with Gasteiger partial charge < -0.3 is 15.5 Å². The molecule has 1 aliphatic rings. The van der Waals surface area contributed by atoms with Crippen molar-refractivity contribution in [1.29, 1.82) is 0 Å². The van der Waals surface area contributed by atoms with Gasteiger partial charge in [-0.3, -0.25) is 4.79 Å². The van der Waals surface area contributed by atoms with Gasteiger partial charge in [0.05, 0.1) is 0 Å². The Labute approximate surface area is 121 Å². The Morgan fingerprint density at radius 3 is 2.47 bits per heavy atom. The molecule has 1 fully saturated rings. The number of benzene rings is 1. The first-order valence-corrected chi connectivity index (χ1v) is 7.47. The van der Waals surface area contributed by atoms with Crippen LogP contribution < -0.4 is 5.32 Å². The van der Waals surface area contributed by atoms with E-state index < -0.39 is 5.91 Å². The van der Waals surface area contributed by atoms with Crippen molar-refractivity contribution in [2.24, 2.45) is 0 Å². The highest BCUT2D eigenvalue weighted by molar-refractivity contribution is 9.09. The minimum absolute atomic E-state index is 0.0361. The molecule has 4 nitrogen and oxygen atoms in total. The second-order valence-electron chi connectivity index (χ2n) is 4.91. The Balaban J connectivity index is 2.12. The summed E-state index contributed by atoms with van der Waals surface area (Å²) in [6.07, 6.45) is 5.36. The van der Waals surface area contributed by atoms with Crippen LogP contribution in [0.4, 0.5) is 0 Å². The molecule has 2 unspecified atom stereocenters. The summed E-state index contributed by atoms with van der Waals surface area (Å²) in [6, 6.07) is 4.33. The van der Waals surface area contributed by atoms with E-state index in [1.165, 1.54) is 24.6 Å². The summed E-state index contributed by atoms with van der Waals surface area (Å²) in [4.78, 5) is 12.4. The van der Waals surface area contributed by atoms with Crippen LogP contribution in [0.25, 0.3) is 0 Å². The molecule has 0 radical (unpaired) electrons. The Morgan fingerprint density at radius 1 is 1.16 bits per heavy atom. The normalized spacial score (nSPS) is 23.6. The number of halogens is 1. The number of hydrogen-bond acceptors (Lipinski definition) is 3. The van der Waals surface area contributed by atoms with Crippen molar-refractivity contribution in [1.82, 2.24) is 5.32 Å². The second kappa shape index (κ2) is 6.28. The van der Waals surface area contributed by atoms with E-state index in [9.17, 15) is 15.0 Å². The number of carbonyl (C=O) groups excluding carboxylic acids is 1. The predicted octanol–water partition coefficient (Wildman–Crippen LogP) is 2.92. The first-order chi connectivity index (χ1) is 9.09. The monoisotopic (exact) mass is 327 g/mol. The molecule has 1 aromatic rings. The van der Waals surface area contributed by atoms with E-state index in [1.54, 1.807) is 0 Å². The van der Waals surface area contributed by atoms with Crippen LogP contribution in [0.15, 0.2) is 18.2 Å². The van der Waals surface area contributed by atoms with Crippen molar-refractivity contribution in [3.05, 3.63) is 23.8 Å². The van der Waals surface area contributed by atoms with Crippen molar-refractivity contribution < 1.29 is 15.0 Å². The molecule has 3 N–H and O–H groups in total. The maximum Gasteiger partial charge on any atom is 0.259 e. The molecule has 2 rings (SSSR count). The van der Waals surface area contributed by atoms with E-state index in [-0.39, 0.29) is 27.9 Å². The maximum absolute atomic E-state index is 12.2. The van der Waals surface area contributed by atoms with Gasteiger partial charge in [-0.05, 0) is 25.0 Å². The quantitative estimate of drug-likeness (QED) is 0.577. The minimum Gasteiger partial charge on any atom is -0.507 e. The number of nitrogens with one attached hydrogen (secondary N) is 1. The summed E-state index contributed by atoms with van der Waals surface area (Å²) in [5.41, 5.74) is -0.0496. The summed E-state index contributed by atoms with van der Waals surface area (Å²) in [6.45, 7) is 0. The molecule has 1 saturated carbocycles. The number of hydrogen-bond donors (Lipinski definition) is 3. The molecule has 1 aliphatic carbocycles. The number of carbonyl (C=O) groups is 1. The first-order valence-electron chi connectivity index (χ1n) is 6.55. The first kappa shape index (κ1) is 14.2. The molecule has 19 heavy (non-hydrogen) atoms. The lowest BCUT2D eigenvalue weighted by Crippen LogP contribution is -2.40.